The molecule has 0 radical (unpaired) electrons. The maximum atomic E-state index is 6.15. The molecule has 4 heteroatoms. The van der Waals surface area contributed by atoms with Crippen LogP contribution in [-0.2, 0) is 6.54 Å². The van der Waals surface area contributed by atoms with Gasteiger partial charge in [-0.15, -0.1) is 11.3 Å². The SMILES string of the molecule is Cc1ccc(C(C(C)N)N(C)Cc2ccoc2)s1. The van der Waals surface area contributed by atoms with Crippen molar-refractivity contribution in [3.63, 3.8) is 0 Å². The topological polar surface area (TPSA) is 42.4 Å². The van der Waals surface area contributed by atoms with Crippen LogP contribution in [-0.4, -0.2) is 18.0 Å². The molecule has 2 aromatic rings. The maximum absolute atomic E-state index is 6.15. The molecule has 0 aliphatic rings. The lowest BCUT2D eigenvalue weighted by Crippen LogP contribution is -2.36. The number of hydrogen-bond acceptors (Lipinski definition) is 4. The van der Waals surface area contributed by atoms with E-state index in [1.807, 2.05) is 17.4 Å². The highest BCUT2D eigenvalue weighted by atomic mass is 32.1. The monoisotopic (exact) mass is 264 g/mol. The minimum atomic E-state index is 0.0972. The summed E-state index contributed by atoms with van der Waals surface area (Å²) < 4.78 is 5.11. The Morgan fingerprint density at radius 2 is 2.17 bits per heavy atom. The number of rotatable bonds is 5. The molecule has 0 saturated heterocycles. The van der Waals surface area contributed by atoms with Crippen molar-refractivity contribution in [2.45, 2.75) is 32.5 Å². The number of hydrogen-bond donors (Lipinski definition) is 1. The maximum Gasteiger partial charge on any atom is 0.0947 e. The van der Waals surface area contributed by atoms with Crippen LogP contribution >= 0.6 is 11.3 Å². The standard InChI is InChI=1S/C14H20N2OS/c1-10-4-5-13(18-10)14(11(2)15)16(3)8-12-6-7-17-9-12/h4-7,9,11,14H,8,15H2,1-3H3. The van der Waals surface area contributed by atoms with E-state index >= 15 is 0 Å². The summed E-state index contributed by atoms with van der Waals surface area (Å²) in [4.78, 5) is 4.93. The van der Waals surface area contributed by atoms with Crippen molar-refractivity contribution in [2.24, 2.45) is 5.73 Å². The van der Waals surface area contributed by atoms with Crippen LogP contribution in [0.15, 0.2) is 35.1 Å². The Morgan fingerprint density at radius 3 is 2.67 bits per heavy atom. The highest BCUT2D eigenvalue weighted by Gasteiger charge is 2.22. The minimum Gasteiger partial charge on any atom is -0.472 e. The van der Waals surface area contributed by atoms with Gasteiger partial charge in [-0.2, -0.15) is 0 Å². The Kier molecular flexibility index (Phi) is 4.22. The van der Waals surface area contributed by atoms with Gasteiger partial charge in [-0.1, -0.05) is 0 Å². The van der Waals surface area contributed by atoms with E-state index in [4.69, 9.17) is 10.2 Å². The zero-order valence-electron chi connectivity index (χ0n) is 11.1. The summed E-state index contributed by atoms with van der Waals surface area (Å²) in [7, 11) is 2.11. The molecule has 3 nitrogen and oxygen atoms in total. The van der Waals surface area contributed by atoms with Gasteiger partial charge in [-0.25, -0.2) is 0 Å². The van der Waals surface area contributed by atoms with Crippen molar-refractivity contribution in [1.29, 1.82) is 0 Å². The van der Waals surface area contributed by atoms with Crippen molar-refractivity contribution >= 4 is 11.3 Å². The van der Waals surface area contributed by atoms with E-state index in [1.54, 1.807) is 12.5 Å². The lowest BCUT2D eigenvalue weighted by Gasteiger charge is -2.30. The molecule has 0 aliphatic heterocycles. The zero-order valence-corrected chi connectivity index (χ0v) is 11.9. The van der Waals surface area contributed by atoms with Gasteiger partial charge >= 0.3 is 0 Å². The van der Waals surface area contributed by atoms with Crippen LogP contribution in [0.5, 0.6) is 0 Å². The van der Waals surface area contributed by atoms with Crippen LogP contribution in [0.4, 0.5) is 0 Å². The molecule has 0 aliphatic carbocycles. The molecule has 98 valence electrons. The predicted octanol–water partition coefficient (Wildman–Crippen LogP) is 3.17. The summed E-state index contributed by atoms with van der Waals surface area (Å²) in [5.41, 5.74) is 7.33. The number of aryl methyl sites for hydroxylation is 1. The smallest absolute Gasteiger partial charge is 0.0947 e. The molecule has 2 rings (SSSR count). The lowest BCUT2D eigenvalue weighted by molar-refractivity contribution is 0.214. The molecule has 2 unspecified atom stereocenters. The third kappa shape index (κ3) is 3.02. The molecular weight excluding hydrogens is 244 g/mol. The summed E-state index contributed by atoms with van der Waals surface area (Å²) in [6, 6.07) is 6.67. The van der Waals surface area contributed by atoms with Crippen LogP contribution in [0.3, 0.4) is 0 Å². The predicted molar refractivity (Wildman–Crippen MR) is 75.6 cm³/mol. The zero-order chi connectivity index (χ0) is 13.1. The van der Waals surface area contributed by atoms with Crippen LogP contribution in [0.2, 0.25) is 0 Å². The average molecular weight is 264 g/mol. The van der Waals surface area contributed by atoms with Gasteiger partial charge in [0.1, 0.15) is 0 Å². The molecular formula is C14H20N2OS. The number of nitrogens with two attached hydrogens (primary N) is 1. The highest BCUT2D eigenvalue weighted by Crippen LogP contribution is 2.29. The summed E-state index contributed by atoms with van der Waals surface area (Å²) in [6.45, 7) is 5.04. The highest BCUT2D eigenvalue weighted by molar-refractivity contribution is 7.12. The largest absolute Gasteiger partial charge is 0.472 e. The van der Waals surface area contributed by atoms with Crippen molar-refractivity contribution in [3.8, 4) is 0 Å². The summed E-state index contributed by atoms with van der Waals surface area (Å²) in [5, 5.41) is 0. The second-order valence-electron chi connectivity index (χ2n) is 4.80. The van der Waals surface area contributed by atoms with Crippen LogP contribution in [0, 0.1) is 6.92 Å². The fourth-order valence-electron chi connectivity index (χ4n) is 2.26. The van der Waals surface area contributed by atoms with Gasteiger partial charge in [-0.3, -0.25) is 4.90 Å². The first kappa shape index (κ1) is 13.3. The van der Waals surface area contributed by atoms with E-state index in [2.05, 4.69) is 37.9 Å². The van der Waals surface area contributed by atoms with Crippen molar-refractivity contribution < 1.29 is 4.42 Å². The number of likely N-dealkylation sites (N-methyl/N-ethyl adjacent to an activating group) is 1. The van der Waals surface area contributed by atoms with E-state index in [0.29, 0.717) is 0 Å². The first-order chi connectivity index (χ1) is 8.58. The first-order valence-corrected chi connectivity index (χ1v) is 6.93. The van der Waals surface area contributed by atoms with Gasteiger partial charge in [0.25, 0.3) is 0 Å². The molecule has 2 atom stereocenters. The molecule has 0 aromatic carbocycles. The fraction of sp³-hybridized carbons (Fsp3) is 0.429. The van der Waals surface area contributed by atoms with E-state index in [-0.39, 0.29) is 12.1 Å². The Morgan fingerprint density at radius 1 is 1.39 bits per heavy atom. The number of furan rings is 1. The van der Waals surface area contributed by atoms with Crippen LogP contribution in [0.1, 0.15) is 28.3 Å². The van der Waals surface area contributed by atoms with Crippen molar-refractivity contribution in [2.75, 3.05) is 7.05 Å². The molecule has 0 saturated carbocycles. The molecule has 0 fully saturated rings. The molecule has 18 heavy (non-hydrogen) atoms. The van der Waals surface area contributed by atoms with E-state index in [9.17, 15) is 0 Å². The number of thiophene rings is 1. The second kappa shape index (κ2) is 5.69. The second-order valence-corrected chi connectivity index (χ2v) is 6.12. The van der Waals surface area contributed by atoms with E-state index in [0.717, 1.165) is 6.54 Å². The average Bonchev–Trinajstić information content (AvgIpc) is 2.90. The Hall–Kier alpha value is -1.10. The van der Waals surface area contributed by atoms with Gasteiger partial charge in [0, 0.05) is 27.9 Å². The lowest BCUT2D eigenvalue weighted by atomic mass is 10.1. The number of nitrogens with zero attached hydrogens (tertiary/aromatic N) is 1. The summed E-state index contributed by atoms with van der Waals surface area (Å²) in [5.74, 6) is 0. The van der Waals surface area contributed by atoms with Crippen molar-refractivity contribution in [1.82, 2.24) is 4.90 Å². The third-order valence-electron chi connectivity index (χ3n) is 3.04. The first-order valence-electron chi connectivity index (χ1n) is 6.11. The van der Waals surface area contributed by atoms with Gasteiger partial charge < -0.3 is 10.2 Å². The molecule has 2 heterocycles. The van der Waals surface area contributed by atoms with Crippen molar-refractivity contribution in [3.05, 3.63) is 46.0 Å². The summed E-state index contributed by atoms with van der Waals surface area (Å²) in [6.07, 6.45) is 3.49. The Bertz CT molecular complexity index is 476. The van der Waals surface area contributed by atoms with Gasteiger partial charge in [-0.05, 0) is 39.1 Å². The van der Waals surface area contributed by atoms with Gasteiger partial charge in [0.15, 0.2) is 0 Å². The van der Waals surface area contributed by atoms with E-state index < -0.39 is 0 Å². The van der Waals surface area contributed by atoms with E-state index in [1.165, 1.54) is 15.3 Å². The normalized spacial score (nSPS) is 14.9. The third-order valence-corrected chi connectivity index (χ3v) is 4.11. The Labute approximate surface area is 112 Å². The minimum absolute atomic E-state index is 0.0972. The molecule has 0 bridgehead atoms. The van der Waals surface area contributed by atoms with Crippen LogP contribution in [0.25, 0.3) is 0 Å². The Balaban J connectivity index is 2.15. The molecule has 0 spiro atoms. The molecule has 0 amide bonds. The summed E-state index contributed by atoms with van der Waals surface area (Å²) >= 11 is 1.82. The fourth-order valence-corrected chi connectivity index (χ4v) is 3.42. The van der Waals surface area contributed by atoms with Crippen LogP contribution < -0.4 is 5.73 Å². The van der Waals surface area contributed by atoms with Gasteiger partial charge in [0.05, 0.1) is 18.6 Å². The quantitative estimate of drug-likeness (QED) is 0.902. The van der Waals surface area contributed by atoms with Gasteiger partial charge in [0.2, 0.25) is 0 Å². The molecule has 2 aromatic heterocycles. The molecule has 2 N–H and O–H groups in total.